The van der Waals surface area contributed by atoms with E-state index in [0.717, 1.165) is 24.2 Å². The molecule has 0 saturated carbocycles. The van der Waals surface area contributed by atoms with Gasteiger partial charge in [-0.2, -0.15) is 0 Å². The molecule has 0 heterocycles. The van der Waals surface area contributed by atoms with Crippen molar-refractivity contribution < 1.29 is 14.3 Å². The molecule has 32 heavy (non-hydrogen) atoms. The van der Waals surface area contributed by atoms with Gasteiger partial charge >= 0.3 is 0 Å². The number of unbranched alkanes of at least 4 members (excludes halogenated alkanes) is 1. The molecule has 0 unspecified atom stereocenters. The van der Waals surface area contributed by atoms with Crippen LogP contribution >= 0.6 is 0 Å². The van der Waals surface area contributed by atoms with Crippen LogP contribution in [0.4, 0.5) is 5.69 Å². The molecule has 0 radical (unpaired) electrons. The molecule has 0 spiro atoms. The maximum Gasteiger partial charge on any atom is 0.262 e. The predicted molar refractivity (Wildman–Crippen MR) is 132 cm³/mol. The standard InChI is InChI=1S/C27H38N2O3/c1-8-9-16-28-25(31)19-10-13-21(14-11-19)29-24(30)18-32-23-15-12-20(26(2,3)4)17-22(23)27(5,6)7/h10-15,17H,8-9,16,18H2,1-7H3,(H,28,31)(H,29,30). The lowest BCUT2D eigenvalue weighted by Gasteiger charge is -2.27. The fraction of sp³-hybridized carbons (Fsp3) is 0.481. The number of nitrogens with one attached hydrogen (secondary N) is 2. The number of anilines is 1. The van der Waals surface area contributed by atoms with Crippen LogP contribution in [0.15, 0.2) is 42.5 Å². The van der Waals surface area contributed by atoms with E-state index in [9.17, 15) is 9.59 Å². The Morgan fingerprint density at radius 3 is 2.12 bits per heavy atom. The average molecular weight is 439 g/mol. The first-order valence-electron chi connectivity index (χ1n) is 11.4. The second-order valence-corrected chi connectivity index (χ2v) is 10.2. The Labute approximate surface area is 192 Å². The Morgan fingerprint density at radius 2 is 1.56 bits per heavy atom. The van der Waals surface area contributed by atoms with Crippen LogP contribution in [0.25, 0.3) is 0 Å². The monoisotopic (exact) mass is 438 g/mol. The largest absolute Gasteiger partial charge is 0.483 e. The van der Waals surface area contributed by atoms with Crippen LogP contribution in [0.5, 0.6) is 5.75 Å². The maximum absolute atomic E-state index is 12.5. The van der Waals surface area contributed by atoms with Crippen molar-refractivity contribution in [1.29, 1.82) is 0 Å². The zero-order chi connectivity index (χ0) is 23.9. The summed E-state index contributed by atoms with van der Waals surface area (Å²) in [6, 6.07) is 13.1. The Balaban J connectivity index is 2.00. The third-order valence-corrected chi connectivity index (χ3v) is 5.26. The second-order valence-electron chi connectivity index (χ2n) is 10.2. The van der Waals surface area contributed by atoms with Crippen molar-refractivity contribution in [3.8, 4) is 5.75 Å². The maximum atomic E-state index is 12.5. The van der Waals surface area contributed by atoms with Gasteiger partial charge < -0.3 is 15.4 Å². The van der Waals surface area contributed by atoms with Crippen LogP contribution in [0.3, 0.4) is 0 Å². The van der Waals surface area contributed by atoms with Crippen LogP contribution in [0.1, 0.15) is 82.8 Å². The molecule has 0 aromatic heterocycles. The van der Waals surface area contributed by atoms with Crippen LogP contribution in [0.2, 0.25) is 0 Å². The predicted octanol–water partition coefficient (Wildman–Crippen LogP) is 5.83. The van der Waals surface area contributed by atoms with Gasteiger partial charge in [0.25, 0.3) is 11.8 Å². The molecule has 0 bridgehead atoms. The molecule has 0 aliphatic heterocycles. The van der Waals surface area contributed by atoms with Gasteiger partial charge in [-0.25, -0.2) is 0 Å². The summed E-state index contributed by atoms with van der Waals surface area (Å²) in [5.74, 6) is 0.373. The normalized spacial score (nSPS) is 11.7. The third kappa shape index (κ3) is 7.40. The number of carbonyl (C=O) groups excluding carboxylic acids is 2. The van der Waals surface area contributed by atoms with Crippen molar-refractivity contribution >= 4 is 17.5 Å². The minimum Gasteiger partial charge on any atom is -0.483 e. The first-order valence-corrected chi connectivity index (χ1v) is 11.4. The number of hydrogen-bond acceptors (Lipinski definition) is 3. The Kier molecular flexibility index (Phi) is 8.48. The number of benzene rings is 2. The van der Waals surface area contributed by atoms with Crippen LogP contribution in [-0.4, -0.2) is 25.0 Å². The molecule has 0 aliphatic rings. The van der Waals surface area contributed by atoms with E-state index in [0.29, 0.717) is 17.8 Å². The Morgan fingerprint density at radius 1 is 0.906 bits per heavy atom. The lowest BCUT2D eigenvalue weighted by Crippen LogP contribution is -2.24. The van der Waals surface area contributed by atoms with Gasteiger partial charge in [0.15, 0.2) is 6.61 Å². The van der Waals surface area contributed by atoms with Gasteiger partial charge in [-0.15, -0.1) is 0 Å². The Hall–Kier alpha value is -2.82. The molecule has 5 heteroatoms. The summed E-state index contributed by atoms with van der Waals surface area (Å²) in [4.78, 5) is 24.5. The molecule has 174 valence electrons. The molecular weight excluding hydrogens is 400 g/mol. The molecule has 0 fully saturated rings. The van der Waals surface area contributed by atoms with Crippen molar-refractivity contribution in [2.45, 2.75) is 72.1 Å². The van der Waals surface area contributed by atoms with Crippen molar-refractivity contribution in [2.24, 2.45) is 0 Å². The molecule has 0 aliphatic carbocycles. The molecule has 2 aromatic carbocycles. The number of hydrogen-bond donors (Lipinski definition) is 2. The molecule has 0 atom stereocenters. The number of ether oxygens (including phenoxy) is 1. The smallest absolute Gasteiger partial charge is 0.262 e. The first kappa shape index (κ1) is 25.4. The fourth-order valence-electron chi connectivity index (χ4n) is 3.23. The average Bonchev–Trinajstić information content (AvgIpc) is 2.71. The zero-order valence-corrected chi connectivity index (χ0v) is 20.6. The highest BCUT2D eigenvalue weighted by atomic mass is 16.5. The van der Waals surface area contributed by atoms with E-state index in [4.69, 9.17) is 4.74 Å². The highest BCUT2D eigenvalue weighted by Crippen LogP contribution is 2.35. The van der Waals surface area contributed by atoms with Crippen LogP contribution < -0.4 is 15.4 Å². The van der Waals surface area contributed by atoms with E-state index in [1.807, 2.05) is 6.07 Å². The van der Waals surface area contributed by atoms with E-state index >= 15 is 0 Å². The highest BCUT2D eigenvalue weighted by molar-refractivity contribution is 5.96. The number of carbonyl (C=O) groups is 2. The summed E-state index contributed by atoms with van der Waals surface area (Å²) >= 11 is 0. The summed E-state index contributed by atoms with van der Waals surface area (Å²) in [7, 11) is 0. The van der Waals surface area contributed by atoms with Gasteiger partial charge in [0.1, 0.15) is 5.75 Å². The highest BCUT2D eigenvalue weighted by Gasteiger charge is 2.23. The van der Waals surface area contributed by atoms with E-state index in [1.165, 1.54) is 5.56 Å². The second kappa shape index (κ2) is 10.7. The minimum atomic E-state index is -0.245. The van der Waals surface area contributed by atoms with E-state index in [2.05, 4.69) is 71.2 Å². The number of amides is 2. The fourth-order valence-corrected chi connectivity index (χ4v) is 3.23. The third-order valence-electron chi connectivity index (χ3n) is 5.26. The van der Waals surface area contributed by atoms with E-state index < -0.39 is 0 Å². The lowest BCUT2D eigenvalue weighted by atomic mass is 9.80. The van der Waals surface area contributed by atoms with Gasteiger partial charge in [0.2, 0.25) is 0 Å². The summed E-state index contributed by atoms with van der Waals surface area (Å²) in [6.07, 6.45) is 1.99. The van der Waals surface area contributed by atoms with Gasteiger partial charge in [0.05, 0.1) is 0 Å². The SMILES string of the molecule is CCCCNC(=O)c1ccc(NC(=O)COc2ccc(C(C)(C)C)cc2C(C)(C)C)cc1. The van der Waals surface area contributed by atoms with Crippen LogP contribution in [-0.2, 0) is 15.6 Å². The summed E-state index contributed by atoms with van der Waals surface area (Å²) in [5.41, 5.74) is 3.44. The van der Waals surface area contributed by atoms with Gasteiger partial charge in [-0.1, -0.05) is 67.0 Å². The van der Waals surface area contributed by atoms with E-state index in [1.54, 1.807) is 24.3 Å². The van der Waals surface area contributed by atoms with E-state index in [-0.39, 0.29) is 29.3 Å². The lowest BCUT2D eigenvalue weighted by molar-refractivity contribution is -0.118. The molecule has 2 N–H and O–H groups in total. The van der Waals surface area contributed by atoms with Crippen molar-refractivity contribution in [3.63, 3.8) is 0 Å². The summed E-state index contributed by atoms with van der Waals surface area (Å²) in [6.45, 7) is 15.6. The zero-order valence-electron chi connectivity index (χ0n) is 20.6. The molecule has 5 nitrogen and oxygen atoms in total. The molecule has 0 saturated heterocycles. The Bertz CT molecular complexity index is 919. The van der Waals surface area contributed by atoms with Crippen molar-refractivity contribution in [2.75, 3.05) is 18.5 Å². The van der Waals surface area contributed by atoms with Gasteiger partial charge in [-0.3, -0.25) is 9.59 Å². The number of rotatable bonds is 8. The first-order chi connectivity index (χ1) is 14.9. The molecule has 2 amide bonds. The summed E-state index contributed by atoms with van der Waals surface area (Å²) < 4.78 is 5.91. The van der Waals surface area contributed by atoms with Crippen LogP contribution in [0, 0.1) is 0 Å². The molecular formula is C27H38N2O3. The minimum absolute atomic E-state index is 0.0367. The quantitative estimate of drug-likeness (QED) is 0.510. The van der Waals surface area contributed by atoms with Crippen molar-refractivity contribution in [3.05, 3.63) is 59.2 Å². The topological polar surface area (TPSA) is 67.4 Å². The van der Waals surface area contributed by atoms with Gasteiger partial charge in [0, 0.05) is 17.8 Å². The summed E-state index contributed by atoms with van der Waals surface area (Å²) in [5, 5.41) is 5.71. The van der Waals surface area contributed by atoms with Crippen molar-refractivity contribution in [1.82, 2.24) is 5.32 Å². The molecule has 2 rings (SSSR count). The molecule has 2 aromatic rings. The van der Waals surface area contributed by atoms with Gasteiger partial charge in [-0.05, 0) is 58.7 Å².